The molecule has 0 spiro atoms. The second kappa shape index (κ2) is 9.80. The number of carbonyl (C=O) groups is 2. The first-order chi connectivity index (χ1) is 18.2. The number of likely N-dealkylation sites (tertiary alicyclic amines) is 1. The van der Waals surface area contributed by atoms with Gasteiger partial charge in [-0.3, -0.25) is 14.6 Å². The molecule has 6 rings (SSSR count). The van der Waals surface area contributed by atoms with Gasteiger partial charge in [0, 0.05) is 32.1 Å². The van der Waals surface area contributed by atoms with Crippen molar-refractivity contribution >= 4 is 12.0 Å². The van der Waals surface area contributed by atoms with E-state index in [1.165, 1.54) is 5.56 Å². The van der Waals surface area contributed by atoms with Crippen molar-refractivity contribution in [2.45, 2.75) is 70.8 Å². The molecule has 202 valence electrons. The van der Waals surface area contributed by atoms with Crippen molar-refractivity contribution in [3.63, 3.8) is 0 Å². The number of hydrogen-bond acceptors (Lipinski definition) is 6. The molecular formula is C30H37N3O5. The largest absolute Gasteiger partial charge is 0.454 e. The van der Waals surface area contributed by atoms with E-state index >= 15 is 0 Å². The van der Waals surface area contributed by atoms with Crippen LogP contribution in [0.5, 0.6) is 11.5 Å². The fourth-order valence-electron chi connectivity index (χ4n) is 6.51. The molecule has 2 fully saturated rings. The molecule has 2 bridgehead atoms. The van der Waals surface area contributed by atoms with E-state index < -0.39 is 17.7 Å². The molecule has 3 aliphatic heterocycles. The lowest BCUT2D eigenvalue weighted by Crippen LogP contribution is -2.58. The average Bonchev–Trinajstić information content (AvgIpc) is 3.42. The van der Waals surface area contributed by atoms with Crippen LogP contribution >= 0.6 is 0 Å². The molecular weight excluding hydrogens is 482 g/mol. The molecule has 3 heterocycles. The van der Waals surface area contributed by atoms with Gasteiger partial charge in [0.2, 0.25) is 12.7 Å². The van der Waals surface area contributed by atoms with Crippen molar-refractivity contribution in [1.29, 1.82) is 0 Å². The Morgan fingerprint density at radius 3 is 2.45 bits per heavy atom. The summed E-state index contributed by atoms with van der Waals surface area (Å²) in [5.74, 6) is 2.35. The number of fused-ring (bicyclic) bond motifs is 4. The van der Waals surface area contributed by atoms with Gasteiger partial charge in [0.15, 0.2) is 11.5 Å². The number of nitrogens with zero attached hydrogens (tertiary/aromatic N) is 2. The molecule has 0 aromatic heterocycles. The van der Waals surface area contributed by atoms with Gasteiger partial charge in [0.25, 0.3) is 0 Å². The lowest BCUT2D eigenvalue weighted by atomic mass is 9.90. The average molecular weight is 520 g/mol. The van der Waals surface area contributed by atoms with Crippen LogP contribution in [0.2, 0.25) is 0 Å². The number of rotatable bonds is 4. The predicted molar refractivity (Wildman–Crippen MR) is 142 cm³/mol. The van der Waals surface area contributed by atoms with E-state index in [1.807, 2.05) is 45.0 Å². The molecule has 8 heteroatoms. The summed E-state index contributed by atoms with van der Waals surface area (Å²) in [6.45, 7) is 8.97. The SMILES string of the molecule is CC(C)(C)OC(=O)N1Cc2ccccc2CC1C(=O)NC1C2CCC1CN(Cc1ccc3c(c1)OCO3)C2. The minimum atomic E-state index is -0.626. The Morgan fingerprint density at radius 1 is 1.00 bits per heavy atom. The van der Waals surface area contributed by atoms with Crippen LogP contribution in [0.25, 0.3) is 0 Å². The third-order valence-corrected chi connectivity index (χ3v) is 8.24. The Labute approximate surface area is 224 Å². The molecule has 0 radical (unpaired) electrons. The highest BCUT2D eigenvalue weighted by molar-refractivity contribution is 5.87. The molecule has 1 saturated carbocycles. The summed E-state index contributed by atoms with van der Waals surface area (Å²) in [4.78, 5) is 31.0. The molecule has 1 aliphatic carbocycles. The fourth-order valence-corrected chi connectivity index (χ4v) is 6.51. The quantitative estimate of drug-likeness (QED) is 0.655. The van der Waals surface area contributed by atoms with E-state index in [4.69, 9.17) is 14.2 Å². The smallest absolute Gasteiger partial charge is 0.411 e. The van der Waals surface area contributed by atoms with E-state index in [0.29, 0.717) is 24.8 Å². The summed E-state index contributed by atoms with van der Waals surface area (Å²) < 4.78 is 16.7. The summed E-state index contributed by atoms with van der Waals surface area (Å²) in [7, 11) is 0. The van der Waals surface area contributed by atoms with Crippen molar-refractivity contribution < 1.29 is 23.8 Å². The summed E-state index contributed by atoms with van der Waals surface area (Å²) in [5, 5.41) is 3.40. The van der Waals surface area contributed by atoms with Crippen LogP contribution in [-0.2, 0) is 29.0 Å². The van der Waals surface area contributed by atoms with E-state index in [1.54, 1.807) is 4.90 Å². The lowest BCUT2D eigenvalue weighted by Gasteiger charge is -2.41. The normalized spacial score (nSPS) is 26.1. The Hall–Kier alpha value is -3.26. The van der Waals surface area contributed by atoms with E-state index in [2.05, 4.69) is 28.4 Å². The Kier molecular flexibility index (Phi) is 6.46. The van der Waals surface area contributed by atoms with Gasteiger partial charge in [-0.2, -0.15) is 0 Å². The number of ether oxygens (including phenoxy) is 3. The van der Waals surface area contributed by atoms with E-state index in [-0.39, 0.29) is 18.7 Å². The van der Waals surface area contributed by atoms with Crippen LogP contribution in [0.4, 0.5) is 4.79 Å². The highest BCUT2D eigenvalue weighted by Crippen LogP contribution is 2.39. The van der Waals surface area contributed by atoms with E-state index in [9.17, 15) is 9.59 Å². The standard InChI is InChI=1S/C30H37N3O5/c1-30(2,3)38-29(35)33-17-21-7-5-4-6-20(21)13-24(33)28(34)31-27-22-9-10-23(27)16-32(15-22)14-19-8-11-25-26(12-19)37-18-36-25/h4-8,11-12,22-24,27H,9-10,13-18H2,1-3H3,(H,31,34). The molecule has 1 N–H and O–H groups in total. The maximum atomic E-state index is 13.8. The summed E-state index contributed by atoms with van der Waals surface area (Å²) in [5.41, 5.74) is 2.78. The monoisotopic (exact) mass is 519 g/mol. The second-order valence-electron chi connectivity index (χ2n) is 12.1. The number of carbonyl (C=O) groups excluding carboxylic acids is 2. The minimum Gasteiger partial charge on any atom is -0.454 e. The maximum Gasteiger partial charge on any atom is 0.411 e. The van der Waals surface area contributed by atoms with Crippen LogP contribution in [0, 0.1) is 11.8 Å². The number of piperidine rings is 1. The maximum absolute atomic E-state index is 13.8. The van der Waals surface area contributed by atoms with Crippen LogP contribution in [0.1, 0.15) is 50.3 Å². The first-order valence-electron chi connectivity index (χ1n) is 13.7. The molecule has 3 unspecified atom stereocenters. The molecule has 4 aliphatic rings. The first kappa shape index (κ1) is 25.0. The fraction of sp³-hybridized carbons (Fsp3) is 0.533. The Bertz CT molecular complexity index is 1210. The van der Waals surface area contributed by atoms with Gasteiger partial charge < -0.3 is 19.5 Å². The topological polar surface area (TPSA) is 80.3 Å². The molecule has 3 atom stereocenters. The zero-order valence-electron chi connectivity index (χ0n) is 22.4. The highest BCUT2D eigenvalue weighted by Gasteiger charge is 2.45. The number of benzene rings is 2. The zero-order valence-corrected chi connectivity index (χ0v) is 22.4. The second-order valence-corrected chi connectivity index (χ2v) is 12.1. The molecule has 2 aromatic carbocycles. The molecule has 38 heavy (non-hydrogen) atoms. The van der Waals surface area contributed by atoms with Crippen molar-refractivity contribution in [2.75, 3.05) is 19.9 Å². The summed E-state index contributed by atoms with van der Waals surface area (Å²) in [6, 6.07) is 13.8. The van der Waals surface area contributed by atoms with Crippen molar-refractivity contribution in [2.24, 2.45) is 11.8 Å². The van der Waals surface area contributed by atoms with Gasteiger partial charge in [-0.25, -0.2) is 4.79 Å². The van der Waals surface area contributed by atoms with E-state index in [0.717, 1.165) is 55.1 Å². The minimum absolute atomic E-state index is 0.0727. The molecule has 2 amide bonds. The lowest BCUT2D eigenvalue weighted by molar-refractivity contribution is -0.128. The van der Waals surface area contributed by atoms with Gasteiger partial charge in [0.1, 0.15) is 11.6 Å². The number of hydrogen-bond donors (Lipinski definition) is 1. The Morgan fingerprint density at radius 2 is 1.71 bits per heavy atom. The van der Waals surface area contributed by atoms with Crippen LogP contribution in [0.15, 0.2) is 42.5 Å². The van der Waals surface area contributed by atoms with Crippen molar-refractivity contribution in [1.82, 2.24) is 15.1 Å². The molecule has 8 nitrogen and oxygen atoms in total. The van der Waals surface area contributed by atoms with Gasteiger partial charge >= 0.3 is 6.09 Å². The van der Waals surface area contributed by atoms with Crippen LogP contribution < -0.4 is 14.8 Å². The van der Waals surface area contributed by atoms with Gasteiger partial charge in [-0.1, -0.05) is 30.3 Å². The van der Waals surface area contributed by atoms with Gasteiger partial charge in [-0.15, -0.1) is 0 Å². The third-order valence-electron chi connectivity index (χ3n) is 8.24. The Balaban J connectivity index is 1.13. The number of amides is 2. The van der Waals surface area contributed by atoms with Crippen LogP contribution in [-0.4, -0.2) is 59.4 Å². The number of nitrogens with one attached hydrogen (secondary N) is 1. The highest BCUT2D eigenvalue weighted by atomic mass is 16.7. The van der Waals surface area contributed by atoms with Crippen LogP contribution in [0.3, 0.4) is 0 Å². The van der Waals surface area contributed by atoms with Crippen molar-refractivity contribution in [3.8, 4) is 11.5 Å². The summed E-state index contributed by atoms with van der Waals surface area (Å²) in [6.07, 6.45) is 2.28. The first-order valence-corrected chi connectivity index (χ1v) is 13.7. The molecule has 1 saturated heterocycles. The van der Waals surface area contributed by atoms with Crippen molar-refractivity contribution in [3.05, 3.63) is 59.2 Å². The molecule has 2 aromatic rings. The third kappa shape index (κ3) is 5.06. The van der Waals surface area contributed by atoms with Gasteiger partial charge in [-0.05, 0) is 74.3 Å². The van der Waals surface area contributed by atoms with Gasteiger partial charge in [0.05, 0.1) is 6.54 Å². The zero-order chi connectivity index (χ0) is 26.4. The summed E-state index contributed by atoms with van der Waals surface area (Å²) >= 11 is 0. The predicted octanol–water partition coefficient (Wildman–Crippen LogP) is 4.10.